The molecule has 0 aromatic heterocycles. The predicted molar refractivity (Wildman–Crippen MR) is 138 cm³/mol. The zero-order valence-electron chi connectivity index (χ0n) is 20.0. The van der Waals surface area contributed by atoms with E-state index in [4.69, 9.17) is 11.6 Å². The van der Waals surface area contributed by atoms with Gasteiger partial charge in [0.25, 0.3) is 5.69 Å². The first-order valence-electron chi connectivity index (χ1n) is 11.9. The molecule has 7 nitrogen and oxygen atoms in total. The first-order valence-corrected chi connectivity index (χ1v) is 12.2. The molecular formula is C29H21ClN2O5. The van der Waals surface area contributed by atoms with E-state index in [-0.39, 0.29) is 22.2 Å². The van der Waals surface area contributed by atoms with E-state index in [0.717, 1.165) is 33.2 Å². The molecule has 0 spiro atoms. The number of anilines is 1. The lowest BCUT2D eigenvalue weighted by Gasteiger charge is -2.35. The predicted octanol–water partition coefficient (Wildman–Crippen LogP) is 5.57. The molecule has 3 aromatic rings. The number of non-ortho nitro benzene ring substituents is 1. The maximum atomic E-state index is 14.3. The molecule has 1 heterocycles. The third kappa shape index (κ3) is 2.80. The SMILES string of the molecule is C[C@]12C(=O)[C@](C)(C(c3ccccc3)=C1c1ccccc1)[C@@H]1C(=O)N(c3cc([N+](=O)[O-])ccc3Cl)C(=O)[C@H]12. The number of nitro groups is 1. The van der Waals surface area contributed by atoms with Crippen LogP contribution in [-0.4, -0.2) is 22.5 Å². The first-order chi connectivity index (χ1) is 17.6. The monoisotopic (exact) mass is 512 g/mol. The molecule has 4 atom stereocenters. The van der Waals surface area contributed by atoms with Crippen LogP contribution >= 0.6 is 11.6 Å². The number of halogens is 1. The number of carbonyl (C=O) groups excluding carboxylic acids is 3. The van der Waals surface area contributed by atoms with Crippen LogP contribution in [0.25, 0.3) is 11.1 Å². The minimum atomic E-state index is -1.28. The van der Waals surface area contributed by atoms with Crippen molar-refractivity contribution < 1.29 is 19.3 Å². The van der Waals surface area contributed by atoms with Crippen LogP contribution in [-0.2, 0) is 14.4 Å². The van der Waals surface area contributed by atoms with Gasteiger partial charge in [-0.1, -0.05) is 72.3 Å². The molecule has 184 valence electrons. The molecule has 1 saturated heterocycles. The zero-order chi connectivity index (χ0) is 26.3. The molecule has 0 unspecified atom stereocenters. The number of imide groups is 1. The number of rotatable bonds is 4. The van der Waals surface area contributed by atoms with Crippen molar-refractivity contribution in [2.24, 2.45) is 22.7 Å². The van der Waals surface area contributed by atoms with Crippen molar-refractivity contribution in [3.05, 3.63) is 105 Å². The Morgan fingerprint density at radius 1 is 0.784 bits per heavy atom. The average molecular weight is 513 g/mol. The second-order valence-electron chi connectivity index (χ2n) is 10.1. The second kappa shape index (κ2) is 7.70. The Kier molecular flexibility index (Phi) is 4.85. The third-order valence-electron chi connectivity index (χ3n) is 8.29. The number of nitro benzene ring substituents is 1. The summed E-state index contributed by atoms with van der Waals surface area (Å²) in [6.45, 7) is 3.50. The van der Waals surface area contributed by atoms with Gasteiger partial charge in [-0.25, -0.2) is 4.90 Å². The van der Waals surface area contributed by atoms with Crippen LogP contribution in [0.15, 0.2) is 78.9 Å². The van der Waals surface area contributed by atoms with E-state index < -0.39 is 39.4 Å². The van der Waals surface area contributed by atoms with Crippen molar-refractivity contribution in [3.63, 3.8) is 0 Å². The number of ketones is 1. The van der Waals surface area contributed by atoms with Crippen molar-refractivity contribution in [3.8, 4) is 0 Å². The molecule has 0 radical (unpaired) electrons. The van der Waals surface area contributed by atoms with Gasteiger partial charge in [-0.2, -0.15) is 0 Å². The summed E-state index contributed by atoms with van der Waals surface area (Å²) < 4.78 is 0. The van der Waals surface area contributed by atoms with Gasteiger partial charge < -0.3 is 0 Å². The molecule has 2 amide bonds. The van der Waals surface area contributed by atoms with E-state index in [2.05, 4.69) is 0 Å². The molecule has 37 heavy (non-hydrogen) atoms. The normalized spacial score (nSPS) is 28.3. The van der Waals surface area contributed by atoms with Gasteiger partial charge in [-0.3, -0.25) is 24.5 Å². The van der Waals surface area contributed by atoms with Gasteiger partial charge in [0.2, 0.25) is 11.8 Å². The number of hydrogen-bond donors (Lipinski definition) is 0. The Morgan fingerprint density at radius 2 is 1.24 bits per heavy atom. The standard InChI is InChI=1S/C29H21ClN2O5/c1-28-21(16-9-5-3-6-10-16)22(17-11-7-4-8-12-17)29(2,27(28)35)24-23(28)25(33)31(26(24)34)20-15-18(32(36)37)13-14-19(20)30/h3-15,23-24H,1-2H3/t23-,24-,28-,29+/m0/s1. The van der Waals surface area contributed by atoms with E-state index in [9.17, 15) is 24.5 Å². The van der Waals surface area contributed by atoms with E-state index in [1.165, 1.54) is 12.1 Å². The lowest BCUT2D eigenvalue weighted by molar-refractivity contribution is -0.384. The fourth-order valence-corrected chi connectivity index (χ4v) is 7.04. The van der Waals surface area contributed by atoms with Gasteiger partial charge in [0.05, 0.1) is 38.3 Å². The number of benzene rings is 3. The van der Waals surface area contributed by atoms with E-state index in [1.807, 2.05) is 60.7 Å². The van der Waals surface area contributed by atoms with Crippen LogP contribution in [0.3, 0.4) is 0 Å². The number of hydrogen-bond acceptors (Lipinski definition) is 5. The number of fused-ring (bicyclic) bond motifs is 5. The molecule has 8 heteroatoms. The van der Waals surface area contributed by atoms with E-state index >= 15 is 0 Å². The van der Waals surface area contributed by atoms with Crippen LogP contribution in [0.1, 0.15) is 25.0 Å². The summed E-state index contributed by atoms with van der Waals surface area (Å²) in [4.78, 5) is 54.1. The molecule has 2 aliphatic carbocycles. The summed E-state index contributed by atoms with van der Waals surface area (Å²) in [5, 5.41) is 11.5. The maximum Gasteiger partial charge on any atom is 0.271 e. The summed E-state index contributed by atoms with van der Waals surface area (Å²) in [7, 11) is 0. The summed E-state index contributed by atoms with van der Waals surface area (Å²) in [6, 6.07) is 22.6. The zero-order valence-corrected chi connectivity index (χ0v) is 20.7. The molecule has 1 saturated carbocycles. The Hall–Kier alpha value is -4.10. The van der Waals surface area contributed by atoms with Crippen molar-refractivity contribution in [1.82, 2.24) is 0 Å². The van der Waals surface area contributed by atoms with Gasteiger partial charge in [0, 0.05) is 12.1 Å². The van der Waals surface area contributed by atoms with Crippen LogP contribution in [0.5, 0.6) is 0 Å². The van der Waals surface area contributed by atoms with Crippen molar-refractivity contribution in [2.75, 3.05) is 4.90 Å². The number of carbonyl (C=O) groups is 3. The van der Waals surface area contributed by atoms with Crippen molar-refractivity contribution in [1.29, 1.82) is 0 Å². The Labute approximate surface area is 217 Å². The van der Waals surface area contributed by atoms with Gasteiger partial charge in [-0.15, -0.1) is 0 Å². The van der Waals surface area contributed by atoms with Crippen LogP contribution in [0.4, 0.5) is 11.4 Å². The Bertz CT molecular complexity index is 1480. The van der Waals surface area contributed by atoms with Crippen LogP contribution < -0.4 is 4.90 Å². The topological polar surface area (TPSA) is 97.6 Å². The molecular weight excluding hydrogens is 492 g/mol. The Balaban J connectivity index is 1.61. The number of amides is 2. The van der Waals surface area contributed by atoms with Crippen molar-refractivity contribution in [2.45, 2.75) is 13.8 Å². The molecule has 2 bridgehead atoms. The number of Topliss-reactive ketones (excluding diaryl/α,β-unsaturated/α-hetero) is 1. The highest BCUT2D eigenvalue weighted by molar-refractivity contribution is 6.38. The van der Waals surface area contributed by atoms with E-state index in [0.29, 0.717) is 0 Å². The summed E-state index contributed by atoms with van der Waals surface area (Å²) in [5.74, 6) is -3.24. The molecule has 1 aliphatic heterocycles. The molecule has 3 aliphatic rings. The lowest BCUT2D eigenvalue weighted by Crippen LogP contribution is -2.40. The molecule has 3 aromatic carbocycles. The summed E-state index contributed by atoms with van der Waals surface area (Å²) in [6.07, 6.45) is 0. The minimum Gasteiger partial charge on any atom is -0.298 e. The highest BCUT2D eigenvalue weighted by atomic mass is 35.5. The maximum absolute atomic E-state index is 14.3. The van der Waals surface area contributed by atoms with Gasteiger partial charge >= 0.3 is 0 Å². The number of allylic oxidation sites excluding steroid dienone is 2. The fraction of sp³-hybridized carbons (Fsp3) is 0.207. The minimum absolute atomic E-state index is 0.0400. The summed E-state index contributed by atoms with van der Waals surface area (Å²) >= 11 is 6.36. The smallest absolute Gasteiger partial charge is 0.271 e. The highest BCUT2D eigenvalue weighted by Crippen LogP contribution is 2.73. The quantitative estimate of drug-likeness (QED) is 0.258. The number of nitrogens with zero attached hydrogens (tertiary/aromatic N) is 2. The molecule has 6 rings (SSSR count). The highest BCUT2D eigenvalue weighted by Gasteiger charge is 2.79. The van der Waals surface area contributed by atoms with Gasteiger partial charge in [0.1, 0.15) is 0 Å². The summed E-state index contributed by atoms with van der Waals surface area (Å²) in [5.41, 5.74) is 0.213. The average Bonchev–Trinajstić information content (AvgIpc) is 3.34. The van der Waals surface area contributed by atoms with Gasteiger partial charge in [-0.05, 0) is 42.2 Å². The van der Waals surface area contributed by atoms with Crippen LogP contribution in [0.2, 0.25) is 5.02 Å². The largest absolute Gasteiger partial charge is 0.298 e. The first kappa shape index (κ1) is 23.3. The van der Waals surface area contributed by atoms with Gasteiger partial charge in [0.15, 0.2) is 5.78 Å². The van der Waals surface area contributed by atoms with Crippen molar-refractivity contribution >= 4 is 51.7 Å². The van der Waals surface area contributed by atoms with E-state index in [1.54, 1.807) is 13.8 Å². The second-order valence-corrected chi connectivity index (χ2v) is 10.5. The third-order valence-corrected chi connectivity index (χ3v) is 8.61. The lowest BCUT2D eigenvalue weighted by atomic mass is 9.63. The molecule has 2 fully saturated rings. The Morgan fingerprint density at radius 3 is 1.68 bits per heavy atom. The van der Waals surface area contributed by atoms with Crippen LogP contribution in [0, 0.1) is 32.8 Å². The fourth-order valence-electron chi connectivity index (χ4n) is 6.83. The molecule has 0 N–H and O–H groups in total.